The molecule has 0 bridgehead atoms. The van der Waals surface area contributed by atoms with Crippen LogP contribution in [-0.4, -0.2) is 52.3 Å². The van der Waals surface area contributed by atoms with Crippen LogP contribution in [0.1, 0.15) is 63.9 Å². The van der Waals surface area contributed by atoms with E-state index in [1.807, 2.05) is 13.1 Å². The number of nitrogens with zero attached hydrogens (tertiary/aromatic N) is 3. The molecule has 0 amide bonds. The molecule has 3 atom stereocenters. The summed E-state index contributed by atoms with van der Waals surface area (Å²) in [6, 6.07) is 4.65. The predicted molar refractivity (Wildman–Crippen MR) is 138 cm³/mol. The van der Waals surface area contributed by atoms with Crippen LogP contribution >= 0.6 is 24.0 Å². The summed E-state index contributed by atoms with van der Waals surface area (Å²) in [6.07, 6.45) is 11.5. The summed E-state index contributed by atoms with van der Waals surface area (Å²) in [5, 5.41) is 7.26. The fourth-order valence-corrected chi connectivity index (χ4v) is 5.68. The van der Waals surface area contributed by atoms with Crippen molar-refractivity contribution in [3.8, 4) is 0 Å². The van der Waals surface area contributed by atoms with Gasteiger partial charge in [-0.2, -0.15) is 0 Å². The third-order valence-electron chi connectivity index (χ3n) is 6.05. The average Bonchev–Trinajstić information content (AvgIpc) is 3.06. The van der Waals surface area contributed by atoms with Gasteiger partial charge in [-0.25, -0.2) is 4.98 Å². The van der Waals surface area contributed by atoms with Crippen LogP contribution in [0.2, 0.25) is 0 Å². The zero-order valence-electron chi connectivity index (χ0n) is 18.4. The first-order valence-electron chi connectivity index (χ1n) is 11.2. The first-order chi connectivity index (χ1) is 14.2. The van der Waals surface area contributed by atoms with E-state index < -0.39 is 10.8 Å². The van der Waals surface area contributed by atoms with Crippen molar-refractivity contribution in [3.63, 3.8) is 0 Å². The fourth-order valence-electron chi connectivity index (χ4n) is 4.33. The van der Waals surface area contributed by atoms with Gasteiger partial charge >= 0.3 is 0 Å². The van der Waals surface area contributed by atoms with E-state index in [9.17, 15) is 4.21 Å². The lowest BCUT2D eigenvalue weighted by molar-refractivity contribution is 0.413. The first kappa shape index (κ1) is 25.4. The summed E-state index contributed by atoms with van der Waals surface area (Å²) >= 11 is 0. The molecule has 8 heteroatoms. The molecule has 1 aliphatic heterocycles. The van der Waals surface area contributed by atoms with Crippen molar-refractivity contribution in [2.45, 2.75) is 76.1 Å². The van der Waals surface area contributed by atoms with Crippen molar-refractivity contribution in [3.05, 3.63) is 23.9 Å². The van der Waals surface area contributed by atoms with E-state index in [2.05, 4.69) is 32.7 Å². The van der Waals surface area contributed by atoms with E-state index in [1.165, 1.54) is 25.7 Å². The van der Waals surface area contributed by atoms with Gasteiger partial charge in [-0.15, -0.1) is 24.0 Å². The number of rotatable bonds is 6. The highest BCUT2D eigenvalue weighted by Crippen LogP contribution is 2.23. The van der Waals surface area contributed by atoms with Crippen molar-refractivity contribution in [2.75, 3.05) is 30.8 Å². The molecular formula is C22H38IN5OS. The van der Waals surface area contributed by atoms with Gasteiger partial charge in [0.25, 0.3) is 0 Å². The average molecular weight is 548 g/mol. The Morgan fingerprint density at radius 1 is 1.20 bits per heavy atom. The third kappa shape index (κ3) is 7.66. The zero-order valence-corrected chi connectivity index (χ0v) is 21.6. The Bertz CT molecular complexity index is 677. The van der Waals surface area contributed by atoms with Gasteiger partial charge in [-0.05, 0) is 43.7 Å². The highest BCUT2D eigenvalue weighted by molar-refractivity contribution is 14.0. The van der Waals surface area contributed by atoms with Crippen LogP contribution in [-0.2, 0) is 17.3 Å². The van der Waals surface area contributed by atoms with Gasteiger partial charge in [-0.3, -0.25) is 9.20 Å². The molecule has 3 rings (SSSR count). The molecule has 0 spiro atoms. The highest BCUT2D eigenvalue weighted by atomic mass is 127. The van der Waals surface area contributed by atoms with E-state index >= 15 is 0 Å². The van der Waals surface area contributed by atoms with E-state index in [-0.39, 0.29) is 24.0 Å². The van der Waals surface area contributed by atoms with Gasteiger partial charge in [-0.1, -0.05) is 32.3 Å². The summed E-state index contributed by atoms with van der Waals surface area (Å²) in [6.45, 7) is 4.95. The Morgan fingerprint density at radius 2 is 1.97 bits per heavy atom. The summed E-state index contributed by atoms with van der Waals surface area (Å²) in [5.41, 5.74) is 1.15. The standard InChI is InChI=1S/C22H37N5OS.HI/c1-3-29(28)20-10-8-9-19(15-20)26-22(23-2)25-17-18-11-12-21(24-16-18)27-13-6-4-5-7-14-27;/h11-12,16,19-20H,3-10,13-15,17H2,1-2H3,(H2,23,25,26);1H. The maximum atomic E-state index is 12.2. The van der Waals surface area contributed by atoms with Crippen LogP contribution in [0, 0.1) is 0 Å². The highest BCUT2D eigenvalue weighted by Gasteiger charge is 2.26. The topological polar surface area (TPSA) is 69.6 Å². The van der Waals surface area contributed by atoms with E-state index in [0.717, 1.165) is 61.9 Å². The second kappa shape index (κ2) is 13.5. The van der Waals surface area contributed by atoms with E-state index in [1.54, 1.807) is 7.05 Å². The van der Waals surface area contributed by atoms with E-state index in [4.69, 9.17) is 4.98 Å². The molecule has 2 fully saturated rings. The normalized spacial score (nSPS) is 23.8. The Morgan fingerprint density at radius 3 is 2.60 bits per heavy atom. The molecule has 0 radical (unpaired) electrons. The predicted octanol–water partition coefficient (Wildman–Crippen LogP) is 3.82. The molecule has 0 aromatic carbocycles. The van der Waals surface area contributed by atoms with Crippen LogP contribution in [0.15, 0.2) is 23.3 Å². The third-order valence-corrected chi connectivity index (χ3v) is 7.79. The first-order valence-corrected chi connectivity index (χ1v) is 12.6. The maximum absolute atomic E-state index is 12.2. The number of aliphatic imine (C=N–C) groups is 1. The lowest BCUT2D eigenvalue weighted by Gasteiger charge is -2.30. The van der Waals surface area contributed by atoms with Crippen LogP contribution in [0.5, 0.6) is 0 Å². The number of halogens is 1. The van der Waals surface area contributed by atoms with Crippen LogP contribution in [0.3, 0.4) is 0 Å². The SMILES string of the molecule is CCS(=O)C1CCCC(NC(=NC)NCc2ccc(N3CCCCCC3)nc2)C1.I. The molecule has 6 nitrogen and oxygen atoms in total. The molecule has 170 valence electrons. The van der Waals surface area contributed by atoms with Gasteiger partial charge in [0.2, 0.25) is 0 Å². The van der Waals surface area contributed by atoms with Crippen LogP contribution in [0.4, 0.5) is 5.82 Å². The number of hydrogen-bond donors (Lipinski definition) is 2. The number of hydrogen-bond acceptors (Lipinski definition) is 4. The van der Waals surface area contributed by atoms with E-state index in [0.29, 0.717) is 17.8 Å². The molecule has 30 heavy (non-hydrogen) atoms. The quantitative estimate of drug-likeness (QED) is 0.322. The monoisotopic (exact) mass is 547 g/mol. The summed E-state index contributed by atoms with van der Waals surface area (Å²) in [4.78, 5) is 11.5. The lowest BCUT2D eigenvalue weighted by atomic mass is 9.95. The van der Waals surface area contributed by atoms with Gasteiger partial charge in [0.15, 0.2) is 5.96 Å². The van der Waals surface area contributed by atoms with Gasteiger partial charge < -0.3 is 15.5 Å². The summed E-state index contributed by atoms with van der Waals surface area (Å²) in [7, 11) is 1.10. The molecule has 1 saturated heterocycles. The van der Waals surface area contributed by atoms with Crippen molar-refractivity contribution >= 4 is 46.6 Å². The number of pyridine rings is 1. The Kier molecular flexibility index (Phi) is 11.4. The van der Waals surface area contributed by atoms with Gasteiger partial charge in [0.05, 0.1) is 0 Å². The lowest BCUT2D eigenvalue weighted by Crippen LogP contribution is -2.46. The van der Waals surface area contributed by atoms with Crippen LogP contribution < -0.4 is 15.5 Å². The number of anilines is 1. The second-order valence-electron chi connectivity index (χ2n) is 8.15. The van der Waals surface area contributed by atoms with Crippen molar-refractivity contribution in [2.24, 2.45) is 4.99 Å². The Hall–Kier alpha value is -0.900. The minimum atomic E-state index is -0.703. The molecule has 2 aliphatic rings. The zero-order chi connectivity index (χ0) is 20.5. The molecule has 3 unspecified atom stereocenters. The largest absolute Gasteiger partial charge is 0.357 e. The van der Waals surface area contributed by atoms with Gasteiger partial charge in [0, 0.05) is 60.7 Å². The molecule has 2 N–H and O–H groups in total. The maximum Gasteiger partial charge on any atom is 0.191 e. The van der Waals surface area contributed by atoms with Crippen molar-refractivity contribution in [1.29, 1.82) is 0 Å². The van der Waals surface area contributed by atoms with Crippen LogP contribution in [0.25, 0.3) is 0 Å². The fraction of sp³-hybridized carbons (Fsp3) is 0.727. The smallest absolute Gasteiger partial charge is 0.191 e. The summed E-state index contributed by atoms with van der Waals surface area (Å²) < 4.78 is 12.2. The molecule has 1 saturated carbocycles. The molecule has 1 aromatic rings. The second-order valence-corrected chi connectivity index (χ2v) is 10.2. The van der Waals surface area contributed by atoms with Gasteiger partial charge in [0.1, 0.15) is 5.82 Å². The molecule has 1 aliphatic carbocycles. The molecular weight excluding hydrogens is 509 g/mol. The minimum Gasteiger partial charge on any atom is -0.357 e. The van der Waals surface area contributed by atoms with Crippen molar-refractivity contribution < 1.29 is 4.21 Å². The number of nitrogens with one attached hydrogen (secondary N) is 2. The minimum absolute atomic E-state index is 0. The Balaban J connectivity index is 0.00000320. The number of aromatic nitrogens is 1. The molecule has 2 heterocycles. The summed E-state index contributed by atoms with van der Waals surface area (Å²) in [5.74, 6) is 2.66. The number of guanidine groups is 1. The molecule has 1 aromatic heterocycles. The van der Waals surface area contributed by atoms with Crippen molar-refractivity contribution in [1.82, 2.24) is 15.6 Å². The Labute approximate surface area is 201 Å².